The van der Waals surface area contributed by atoms with Crippen LogP contribution in [0.15, 0.2) is 53.4 Å². The molecule has 2 aromatic carbocycles. The van der Waals surface area contributed by atoms with Crippen LogP contribution >= 0.6 is 0 Å². The molecule has 0 fully saturated rings. The van der Waals surface area contributed by atoms with Crippen LogP contribution in [0.3, 0.4) is 0 Å². The minimum absolute atomic E-state index is 0.116. The lowest BCUT2D eigenvalue weighted by molar-refractivity contribution is -0.124. The molecule has 7 heteroatoms. The van der Waals surface area contributed by atoms with Gasteiger partial charge in [-0.1, -0.05) is 12.1 Å². The number of amides is 1. The normalized spacial score (nSPS) is 11.7. The molecule has 6 nitrogen and oxygen atoms in total. The average molecular weight is 376 g/mol. The van der Waals surface area contributed by atoms with Crippen LogP contribution in [0.2, 0.25) is 0 Å². The van der Waals surface area contributed by atoms with Gasteiger partial charge in [-0.3, -0.25) is 9.52 Å². The third-order valence-electron chi connectivity index (χ3n) is 3.29. The van der Waals surface area contributed by atoms with Gasteiger partial charge in [-0.2, -0.15) is 0 Å². The molecule has 0 bridgehead atoms. The van der Waals surface area contributed by atoms with Crippen LogP contribution < -0.4 is 14.8 Å². The summed E-state index contributed by atoms with van der Waals surface area (Å²) in [5.74, 6) is 0.180. The number of anilines is 1. The van der Waals surface area contributed by atoms with E-state index in [0.717, 1.165) is 5.56 Å². The van der Waals surface area contributed by atoms with Gasteiger partial charge in [0.25, 0.3) is 15.9 Å². The fourth-order valence-electron chi connectivity index (χ4n) is 2.24. The van der Waals surface area contributed by atoms with Crippen molar-refractivity contribution in [2.24, 2.45) is 0 Å². The molecule has 2 N–H and O–H groups in total. The van der Waals surface area contributed by atoms with Crippen LogP contribution in [0.1, 0.15) is 26.3 Å². The zero-order valence-corrected chi connectivity index (χ0v) is 16.2. The first kappa shape index (κ1) is 19.8. The highest BCUT2D eigenvalue weighted by atomic mass is 32.2. The van der Waals surface area contributed by atoms with Crippen LogP contribution in [-0.2, 0) is 14.8 Å². The Morgan fingerprint density at radius 1 is 1.08 bits per heavy atom. The molecule has 0 radical (unpaired) electrons. The van der Waals surface area contributed by atoms with E-state index < -0.39 is 10.0 Å². The molecule has 0 aliphatic rings. The van der Waals surface area contributed by atoms with E-state index in [9.17, 15) is 13.2 Å². The van der Waals surface area contributed by atoms with Crippen molar-refractivity contribution in [3.05, 3.63) is 54.1 Å². The maximum absolute atomic E-state index is 12.4. The van der Waals surface area contributed by atoms with Gasteiger partial charge in [-0.05, 0) is 69.7 Å². The summed E-state index contributed by atoms with van der Waals surface area (Å²) in [4.78, 5) is 11.9. The molecule has 2 aromatic rings. The number of carbonyl (C=O) groups excluding carboxylic acids is 1. The van der Waals surface area contributed by atoms with Gasteiger partial charge >= 0.3 is 0 Å². The maximum atomic E-state index is 12.4. The number of sulfonamides is 1. The van der Waals surface area contributed by atoms with Crippen molar-refractivity contribution < 1.29 is 17.9 Å². The number of aryl methyl sites for hydroxylation is 1. The summed E-state index contributed by atoms with van der Waals surface area (Å²) in [6.45, 7) is 7.40. The van der Waals surface area contributed by atoms with Crippen molar-refractivity contribution in [2.45, 2.75) is 38.1 Å². The van der Waals surface area contributed by atoms with E-state index in [1.165, 1.54) is 24.3 Å². The van der Waals surface area contributed by atoms with E-state index in [-0.39, 0.29) is 22.9 Å². The highest BCUT2D eigenvalue weighted by Crippen LogP contribution is 2.20. The number of carbonyl (C=O) groups is 1. The quantitative estimate of drug-likeness (QED) is 0.811. The van der Waals surface area contributed by atoms with Crippen molar-refractivity contribution in [1.82, 2.24) is 5.32 Å². The molecule has 0 unspecified atom stereocenters. The SMILES string of the molecule is Cc1cccc(NS(=O)(=O)c2ccc(OCC(=O)NC(C)(C)C)cc2)c1. The minimum atomic E-state index is -3.69. The summed E-state index contributed by atoms with van der Waals surface area (Å²) in [5, 5.41) is 2.79. The Bertz CT molecular complexity index is 869. The van der Waals surface area contributed by atoms with E-state index in [1.54, 1.807) is 18.2 Å². The number of benzene rings is 2. The Labute approximate surface area is 154 Å². The summed E-state index contributed by atoms with van der Waals surface area (Å²) in [7, 11) is -3.69. The molecule has 26 heavy (non-hydrogen) atoms. The molecule has 0 heterocycles. The first-order valence-corrected chi connectivity index (χ1v) is 9.67. The molecule has 1 amide bonds. The highest BCUT2D eigenvalue weighted by molar-refractivity contribution is 7.92. The summed E-state index contributed by atoms with van der Waals surface area (Å²) in [5.41, 5.74) is 1.13. The van der Waals surface area contributed by atoms with Crippen LogP contribution in [0.25, 0.3) is 0 Å². The summed E-state index contributed by atoms with van der Waals surface area (Å²) in [6, 6.07) is 13.0. The number of hydrogen-bond donors (Lipinski definition) is 2. The van der Waals surface area contributed by atoms with Gasteiger partial charge in [-0.15, -0.1) is 0 Å². The Morgan fingerprint density at radius 2 is 1.73 bits per heavy atom. The van der Waals surface area contributed by atoms with Gasteiger partial charge in [0.15, 0.2) is 6.61 Å². The molecule has 0 aromatic heterocycles. The molecule has 0 atom stereocenters. The second kappa shape index (κ2) is 7.78. The summed E-state index contributed by atoms with van der Waals surface area (Å²) in [6.07, 6.45) is 0. The zero-order valence-electron chi connectivity index (χ0n) is 15.4. The lowest BCUT2D eigenvalue weighted by atomic mass is 10.1. The summed E-state index contributed by atoms with van der Waals surface area (Å²) >= 11 is 0. The van der Waals surface area contributed by atoms with Gasteiger partial charge < -0.3 is 10.1 Å². The van der Waals surface area contributed by atoms with Crippen molar-refractivity contribution in [3.8, 4) is 5.75 Å². The van der Waals surface area contributed by atoms with Gasteiger partial charge in [0.05, 0.1) is 4.90 Å². The number of ether oxygens (including phenoxy) is 1. The van der Waals surface area contributed by atoms with Crippen LogP contribution in [0.5, 0.6) is 5.75 Å². The van der Waals surface area contributed by atoms with Crippen LogP contribution in [0.4, 0.5) is 5.69 Å². The van der Waals surface area contributed by atoms with Gasteiger partial charge in [0.1, 0.15) is 5.75 Å². The second-order valence-corrected chi connectivity index (χ2v) is 8.72. The van der Waals surface area contributed by atoms with E-state index in [2.05, 4.69) is 10.0 Å². The predicted octanol–water partition coefficient (Wildman–Crippen LogP) is 3.09. The molecular weight excluding hydrogens is 352 g/mol. The predicted molar refractivity (Wildman–Crippen MR) is 102 cm³/mol. The second-order valence-electron chi connectivity index (χ2n) is 7.03. The fraction of sp³-hybridized carbons (Fsp3) is 0.316. The first-order valence-electron chi connectivity index (χ1n) is 8.18. The van der Waals surface area contributed by atoms with Gasteiger partial charge in [0.2, 0.25) is 0 Å². The van der Waals surface area contributed by atoms with E-state index >= 15 is 0 Å². The fourth-order valence-corrected chi connectivity index (χ4v) is 3.29. The van der Waals surface area contributed by atoms with Gasteiger partial charge in [0, 0.05) is 11.2 Å². The molecule has 0 aliphatic heterocycles. The molecular formula is C19H24N2O4S. The first-order chi connectivity index (χ1) is 12.0. The Hall–Kier alpha value is -2.54. The molecule has 0 spiro atoms. The van der Waals surface area contributed by atoms with Crippen LogP contribution in [-0.4, -0.2) is 26.5 Å². The molecule has 140 valence electrons. The smallest absolute Gasteiger partial charge is 0.261 e. The minimum Gasteiger partial charge on any atom is -0.484 e. The molecule has 0 saturated heterocycles. The maximum Gasteiger partial charge on any atom is 0.261 e. The Morgan fingerprint density at radius 3 is 2.31 bits per heavy atom. The van der Waals surface area contributed by atoms with E-state index in [1.807, 2.05) is 33.8 Å². The standard InChI is InChI=1S/C19H24N2O4S/c1-14-6-5-7-15(12-14)21-26(23,24)17-10-8-16(9-11-17)25-13-18(22)20-19(2,3)4/h5-12,21H,13H2,1-4H3,(H,20,22). The Kier molecular flexibility index (Phi) is 5.92. The average Bonchev–Trinajstić information content (AvgIpc) is 2.51. The molecule has 0 aliphatic carbocycles. The highest BCUT2D eigenvalue weighted by Gasteiger charge is 2.16. The van der Waals surface area contributed by atoms with Crippen molar-refractivity contribution >= 4 is 21.6 Å². The summed E-state index contributed by atoms with van der Waals surface area (Å²) < 4.78 is 32.8. The number of hydrogen-bond acceptors (Lipinski definition) is 4. The van der Waals surface area contributed by atoms with E-state index in [0.29, 0.717) is 11.4 Å². The monoisotopic (exact) mass is 376 g/mol. The zero-order chi connectivity index (χ0) is 19.4. The van der Waals surface area contributed by atoms with Crippen LogP contribution in [0, 0.1) is 6.92 Å². The van der Waals surface area contributed by atoms with Crippen molar-refractivity contribution in [3.63, 3.8) is 0 Å². The largest absolute Gasteiger partial charge is 0.484 e. The number of rotatable bonds is 6. The van der Waals surface area contributed by atoms with Crippen molar-refractivity contribution in [2.75, 3.05) is 11.3 Å². The number of nitrogens with one attached hydrogen (secondary N) is 2. The van der Waals surface area contributed by atoms with Crippen molar-refractivity contribution in [1.29, 1.82) is 0 Å². The molecule has 2 rings (SSSR count). The Balaban J connectivity index is 2.01. The topological polar surface area (TPSA) is 84.5 Å². The lowest BCUT2D eigenvalue weighted by Crippen LogP contribution is -2.43. The third-order valence-corrected chi connectivity index (χ3v) is 4.69. The lowest BCUT2D eigenvalue weighted by Gasteiger charge is -2.20. The van der Waals surface area contributed by atoms with Gasteiger partial charge in [-0.25, -0.2) is 8.42 Å². The van der Waals surface area contributed by atoms with E-state index in [4.69, 9.17) is 4.74 Å². The molecule has 0 saturated carbocycles. The third kappa shape index (κ3) is 6.07.